The molecule has 0 aromatic heterocycles. The van der Waals surface area contributed by atoms with E-state index in [4.69, 9.17) is 4.74 Å². The molecule has 0 bridgehead atoms. The van der Waals surface area contributed by atoms with Gasteiger partial charge < -0.3 is 14.7 Å². The molecule has 1 atom stereocenters. The van der Waals surface area contributed by atoms with Gasteiger partial charge in [-0.3, -0.25) is 9.79 Å². The summed E-state index contributed by atoms with van der Waals surface area (Å²) in [5, 5.41) is 9.35. The largest absolute Gasteiger partial charge is 0.496 e. The fourth-order valence-electron chi connectivity index (χ4n) is 2.73. The average Bonchev–Trinajstić information content (AvgIpc) is 2.87. The van der Waals surface area contributed by atoms with E-state index >= 15 is 0 Å². The van der Waals surface area contributed by atoms with Gasteiger partial charge in [-0.05, 0) is 18.9 Å². The van der Waals surface area contributed by atoms with Gasteiger partial charge in [-0.15, -0.1) is 0 Å². The van der Waals surface area contributed by atoms with Gasteiger partial charge in [0.25, 0.3) is 5.91 Å². The standard InChI is InChI=1S/C14H16N2O3/c1-19-13-6-12-11(5-9(13)8-17)14(18)16-4-2-3-10(16)7-15-12/h5-7,10,17H,2-4,8H2,1H3/t10-/m0/s1. The Hall–Kier alpha value is -1.88. The van der Waals surface area contributed by atoms with Crippen molar-refractivity contribution >= 4 is 17.8 Å². The van der Waals surface area contributed by atoms with E-state index in [0.29, 0.717) is 22.6 Å². The van der Waals surface area contributed by atoms with Gasteiger partial charge in [0.2, 0.25) is 0 Å². The Balaban J connectivity index is 2.12. The van der Waals surface area contributed by atoms with Gasteiger partial charge in [0.15, 0.2) is 0 Å². The maximum atomic E-state index is 12.5. The third-order valence-corrected chi connectivity index (χ3v) is 3.75. The van der Waals surface area contributed by atoms with E-state index in [2.05, 4.69) is 4.99 Å². The summed E-state index contributed by atoms with van der Waals surface area (Å²) in [6, 6.07) is 3.51. The number of fused-ring (bicyclic) bond motifs is 2. The number of amides is 1. The second-order valence-corrected chi connectivity index (χ2v) is 4.83. The van der Waals surface area contributed by atoms with E-state index in [0.717, 1.165) is 19.4 Å². The van der Waals surface area contributed by atoms with E-state index < -0.39 is 0 Å². The number of hydrogen-bond donors (Lipinski definition) is 1. The van der Waals surface area contributed by atoms with Crippen molar-refractivity contribution in [2.45, 2.75) is 25.5 Å². The monoisotopic (exact) mass is 260 g/mol. The minimum Gasteiger partial charge on any atom is -0.496 e. The zero-order valence-electron chi connectivity index (χ0n) is 10.8. The van der Waals surface area contributed by atoms with Gasteiger partial charge >= 0.3 is 0 Å². The number of aliphatic hydroxyl groups is 1. The molecular formula is C14H16N2O3. The smallest absolute Gasteiger partial charge is 0.256 e. The van der Waals surface area contributed by atoms with Gasteiger partial charge in [-0.2, -0.15) is 0 Å². The lowest BCUT2D eigenvalue weighted by Crippen LogP contribution is -2.35. The topological polar surface area (TPSA) is 62.1 Å². The maximum absolute atomic E-state index is 12.5. The summed E-state index contributed by atoms with van der Waals surface area (Å²) in [6.45, 7) is 0.617. The van der Waals surface area contributed by atoms with Crippen LogP contribution in [0.1, 0.15) is 28.8 Å². The number of carbonyl (C=O) groups is 1. The predicted molar refractivity (Wildman–Crippen MR) is 71.1 cm³/mol. The molecule has 5 nitrogen and oxygen atoms in total. The molecule has 0 spiro atoms. The maximum Gasteiger partial charge on any atom is 0.256 e. The number of carbonyl (C=O) groups excluding carboxylic acids is 1. The van der Waals surface area contributed by atoms with Crippen molar-refractivity contribution in [2.24, 2.45) is 4.99 Å². The molecule has 1 amide bonds. The first-order valence-electron chi connectivity index (χ1n) is 6.41. The Morgan fingerprint density at radius 2 is 2.37 bits per heavy atom. The van der Waals surface area contributed by atoms with Crippen LogP contribution in [0, 0.1) is 0 Å². The minimum atomic E-state index is -0.156. The van der Waals surface area contributed by atoms with Crippen LogP contribution in [-0.4, -0.2) is 41.8 Å². The first-order valence-corrected chi connectivity index (χ1v) is 6.41. The fourth-order valence-corrected chi connectivity index (χ4v) is 2.73. The van der Waals surface area contributed by atoms with E-state index in [-0.39, 0.29) is 18.6 Å². The van der Waals surface area contributed by atoms with E-state index in [9.17, 15) is 9.90 Å². The number of hydrogen-bond acceptors (Lipinski definition) is 4. The molecule has 5 heteroatoms. The van der Waals surface area contributed by atoms with Crippen LogP contribution in [0.25, 0.3) is 0 Å². The summed E-state index contributed by atoms with van der Waals surface area (Å²) in [6.07, 6.45) is 3.82. The molecule has 1 fully saturated rings. The molecule has 0 saturated carbocycles. The van der Waals surface area contributed by atoms with Crippen LogP contribution in [0.3, 0.4) is 0 Å². The molecule has 0 radical (unpaired) electrons. The predicted octanol–water partition coefficient (Wildman–Crippen LogP) is 1.51. The van der Waals surface area contributed by atoms with Crippen molar-refractivity contribution < 1.29 is 14.6 Å². The van der Waals surface area contributed by atoms with E-state index in [1.54, 1.807) is 19.2 Å². The summed E-state index contributed by atoms with van der Waals surface area (Å²) in [7, 11) is 1.54. The average molecular weight is 260 g/mol. The molecule has 1 aromatic carbocycles. The highest BCUT2D eigenvalue weighted by Crippen LogP contribution is 2.33. The zero-order valence-corrected chi connectivity index (χ0v) is 10.8. The number of aliphatic hydroxyl groups excluding tert-OH is 1. The number of aliphatic imine (C=N–C) groups is 1. The van der Waals surface area contributed by atoms with Gasteiger partial charge in [0, 0.05) is 24.4 Å². The van der Waals surface area contributed by atoms with Crippen molar-refractivity contribution in [3.8, 4) is 5.75 Å². The number of nitrogens with zero attached hydrogens (tertiary/aromatic N) is 2. The van der Waals surface area contributed by atoms with Crippen LogP contribution in [0.15, 0.2) is 17.1 Å². The first kappa shape index (κ1) is 12.2. The highest BCUT2D eigenvalue weighted by molar-refractivity contribution is 6.03. The van der Waals surface area contributed by atoms with Crippen LogP contribution in [-0.2, 0) is 6.61 Å². The molecule has 0 aliphatic carbocycles. The summed E-state index contributed by atoms with van der Waals surface area (Å²) >= 11 is 0. The second kappa shape index (κ2) is 4.66. The Morgan fingerprint density at radius 3 is 3.11 bits per heavy atom. The van der Waals surface area contributed by atoms with Gasteiger partial charge in [0.05, 0.1) is 31.0 Å². The molecule has 19 heavy (non-hydrogen) atoms. The molecule has 100 valence electrons. The number of methoxy groups -OCH3 is 1. The van der Waals surface area contributed by atoms with Gasteiger partial charge in [-0.1, -0.05) is 0 Å². The van der Waals surface area contributed by atoms with E-state index in [1.165, 1.54) is 0 Å². The highest BCUT2D eigenvalue weighted by Gasteiger charge is 2.32. The lowest BCUT2D eigenvalue weighted by molar-refractivity contribution is 0.0774. The Bertz CT molecular complexity index is 554. The summed E-state index contributed by atoms with van der Waals surface area (Å²) in [5.41, 5.74) is 1.78. The molecular weight excluding hydrogens is 244 g/mol. The van der Waals surface area contributed by atoms with Crippen molar-refractivity contribution in [1.82, 2.24) is 4.90 Å². The third-order valence-electron chi connectivity index (χ3n) is 3.75. The third kappa shape index (κ3) is 1.90. The molecule has 3 rings (SSSR count). The first-order chi connectivity index (χ1) is 9.24. The molecule has 2 aliphatic heterocycles. The van der Waals surface area contributed by atoms with Gasteiger partial charge in [0.1, 0.15) is 5.75 Å². The molecule has 1 aromatic rings. The summed E-state index contributed by atoms with van der Waals surface area (Å²) in [5.74, 6) is 0.556. The SMILES string of the molecule is COc1cc2c(cc1CO)C(=O)N1CCC[C@H]1C=N2. The van der Waals surface area contributed by atoms with Crippen molar-refractivity contribution in [1.29, 1.82) is 0 Å². The second-order valence-electron chi connectivity index (χ2n) is 4.83. The highest BCUT2D eigenvalue weighted by atomic mass is 16.5. The Morgan fingerprint density at radius 1 is 1.53 bits per heavy atom. The fraction of sp³-hybridized carbons (Fsp3) is 0.429. The van der Waals surface area contributed by atoms with Crippen molar-refractivity contribution in [3.05, 3.63) is 23.3 Å². The summed E-state index contributed by atoms with van der Waals surface area (Å²) in [4.78, 5) is 18.8. The van der Waals surface area contributed by atoms with Crippen molar-refractivity contribution in [2.75, 3.05) is 13.7 Å². The number of benzene rings is 1. The van der Waals surface area contributed by atoms with Crippen LogP contribution in [0.2, 0.25) is 0 Å². The van der Waals surface area contributed by atoms with Crippen LogP contribution in [0.4, 0.5) is 5.69 Å². The molecule has 0 unspecified atom stereocenters. The molecule has 2 aliphatic rings. The molecule has 1 saturated heterocycles. The Kier molecular flexibility index (Phi) is 2.98. The van der Waals surface area contributed by atoms with Crippen LogP contribution in [0.5, 0.6) is 5.75 Å². The molecule has 1 N–H and O–H groups in total. The lowest BCUT2D eigenvalue weighted by Gasteiger charge is -2.20. The van der Waals surface area contributed by atoms with Gasteiger partial charge in [-0.25, -0.2) is 0 Å². The normalized spacial score (nSPS) is 21.1. The minimum absolute atomic E-state index is 0.00708. The van der Waals surface area contributed by atoms with Crippen molar-refractivity contribution in [3.63, 3.8) is 0 Å². The van der Waals surface area contributed by atoms with E-state index in [1.807, 2.05) is 11.1 Å². The molecule has 2 heterocycles. The van der Waals surface area contributed by atoms with Crippen LogP contribution < -0.4 is 4.74 Å². The quantitative estimate of drug-likeness (QED) is 0.876. The number of rotatable bonds is 2. The summed E-state index contributed by atoms with van der Waals surface area (Å²) < 4.78 is 5.21. The lowest BCUT2D eigenvalue weighted by atomic mass is 10.1. The Labute approximate surface area is 111 Å². The van der Waals surface area contributed by atoms with Crippen LogP contribution >= 0.6 is 0 Å². The zero-order chi connectivity index (χ0) is 13.4. The number of ether oxygens (including phenoxy) is 1.